The molecule has 0 aromatic rings. The fourth-order valence-electron chi connectivity index (χ4n) is 2.55. The van der Waals surface area contributed by atoms with Gasteiger partial charge >= 0.3 is 12.1 Å². The summed E-state index contributed by atoms with van der Waals surface area (Å²) in [4.78, 5) is 34.8. The number of rotatable bonds is 18. The number of methoxy groups -OCH3 is 1. The van der Waals surface area contributed by atoms with Crippen LogP contribution in [0.2, 0.25) is 0 Å². The molecule has 0 spiro atoms. The van der Waals surface area contributed by atoms with Crippen molar-refractivity contribution in [3.05, 3.63) is 0 Å². The maximum absolute atomic E-state index is 12.3. The number of amides is 2. The highest BCUT2D eigenvalue weighted by atomic mass is 16.6. The molecule has 0 aromatic heterocycles. The molecular weight excluding hydrogens is 434 g/mol. The molecule has 0 bridgehead atoms. The number of nitrogens with one attached hydrogen (secondary N) is 3. The first kappa shape index (κ1) is 30.8. The Balaban J connectivity index is 3.79. The number of ether oxygens (including phenoxy) is 5. The van der Waals surface area contributed by atoms with Gasteiger partial charge in [0.05, 0.1) is 46.1 Å². The summed E-state index contributed by atoms with van der Waals surface area (Å²) in [5.74, 6) is -1.14. The Kier molecular flexibility index (Phi) is 17.0. The third kappa shape index (κ3) is 19.0. The first-order chi connectivity index (χ1) is 15.6. The van der Waals surface area contributed by atoms with Crippen LogP contribution >= 0.6 is 0 Å². The van der Waals surface area contributed by atoms with Crippen LogP contribution in [-0.4, -0.2) is 89.1 Å². The highest BCUT2D eigenvalue weighted by Crippen LogP contribution is 2.11. The third-order valence-electron chi connectivity index (χ3n) is 4.16. The second kappa shape index (κ2) is 18.2. The Morgan fingerprint density at radius 2 is 1.48 bits per heavy atom. The summed E-state index contributed by atoms with van der Waals surface area (Å²) in [6, 6.07) is 0. The largest absolute Gasteiger partial charge is 0.467 e. The zero-order valence-electron chi connectivity index (χ0n) is 20.6. The van der Waals surface area contributed by atoms with Crippen LogP contribution in [-0.2, 0) is 33.3 Å². The Hall–Kier alpha value is -2.24. The predicted octanol–water partition coefficient (Wildman–Crippen LogP) is 1.68. The molecule has 0 saturated heterocycles. The van der Waals surface area contributed by atoms with Crippen molar-refractivity contribution >= 4 is 23.7 Å². The molecule has 0 radical (unpaired) electrons. The van der Waals surface area contributed by atoms with Gasteiger partial charge in [0.2, 0.25) is 5.91 Å². The fraction of sp³-hybridized carbons (Fsp3) is 0.818. The van der Waals surface area contributed by atoms with Crippen molar-refractivity contribution in [2.45, 2.75) is 52.6 Å². The van der Waals surface area contributed by atoms with Crippen molar-refractivity contribution < 1.29 is 38.1 Å². The molecule has 11 nitrogen and oxygen atoms in total. The molecule has 0 aliphatic carbocycles. The van der Waals surface area contributed by atoms with Crippen LogP contribution in [0.3, 0.4) is 0 Å². The van der Waals surface area contributed by atoms with Crippen molar-refractivity contribution in [1.82, 2.24) is 10.6 Å². The lowest BCUT2D eigenvalue weighted by molar-refractivity contribution is -0.146. The summed E-state index contributed by atoms with van der Waals surface area (Å²) in [6.07, 6.45) is 1.45. The number of unbranched alkanes of at least 4 members (excludes halogenated alkanes) is 1. The van der Waals surface area contributed by atoms with Crippen LogP contribution < -0.4 is 10.6 Å². The first-order valence-corrected chi connectivity index (χ1v) is 11.2. The summed E-state index contributed by atoms with van der Waals surface area (Å²) in [5.41, 5.74) is -0.236. The van der Waals surface area contributed by atoms with E-state index in [1.807, 2.05) is 0 Å². The monoisotopic (exact) mass is 475 g/mol. The molecule has 1 atom stereocenters. The summed E-state index contributed by atoms with van der Waals surface area (Å²) in [6.45, 7) is 9.40. The van der Waals surface area contributed by atoms with Gasteiger partial charge in [-0.2, -0.15) is 0 Å². The van der Waals surface area contributed by atoms with Crippen molar-refractivity contribution in [2.24, 2.45) is 5.92 Å². The van der Waals surface area contributed by atoms with E-state index in [1.165, 1.54) is 7.11 Å². The van der Waals surface area contributed by atoms with Gasteiger partial charge in [0.15, 0.2) is 0 Å². The second-order valence-electron chi connectivity index (χ2n) is 8.30. The molecule has 2 amide bonds. The van der Waals surface area contributed by atoms with E-state index < -0.39 is 23.6 Å². The Labute approximate surface area is 196 Å². The van der Waals surface area contributed by atoms with Crippen molar-refractivity contribution in [3.8, 4) is 0 Å². The number of carbonyl (C=O) groups excluding carboxylic acids is 3. The van der Waals surface area contributed by atoms with Crippen LogP contribution in [0.5, 0.6) is 0 Å². The SMILES string of the molecule is COC(=O)COCCOCCOCCNC(=O)[C@H](CCCCNC(=O)OC(C)(C)C)C(C)=N. The van der Waals surface area contributed by atoms with Crippen molar-refractivity contribution in [2.75, 3.05) is 59.8 Å². The van der Waals surface area contributed by atoms with Crippen LogP contribution in [0.1, 0.15) is 47.0 Å². The smallest absolute Gasteiger partial charge is 0.407 e. The lowest BCUT2D eigenvalue weighted by Crippen LogP contribution is -2.36. The molecule has 0 fully saturated rings. The molecule has 0 rings (SSSR count). The molecule has 33 heavy (non-hydrogen) atoms. The number of carbonyl (C=O) groups is 3. The molecular formula is C22H41N3O8. The quantitative estimate of drug-likeness (QED) is 0.154. The molecule has 0 aliphatic heterocycles. The highest BCUT2D eigenvalue weighted by Gasteiger charge is 2.20. The molecule has 11 heteroatoms. The number of hydrogen-bond acceptors (Lipinski definition) is 9. The Morgan fingerprint density at radius 1 is 0.879 bits per heavy atom. The van der Waals surface area contributed by atoms with Crippen LogP contribution in [0, 0.1) is 11.3 Å². The first-order valence-electron chi connectivity index (χ1n) is 11.2. The van der Waals surface area contributed by atoms with Crippen molar-refractivity contribution in [1.29, 1.82) is 5.41 Å². The fourth-order valence-corrected chi connectivity index (χ4v) is 2.55. The second-order valence-corrected chi connectivity index (χ2v) is 8.30. The minimum Gasteiger partial charge on any atom is -0.467 e. The van der Waals surface area contributed by atoms with Crippen LogP contribution in [0.15, 0.2) is 0 Å². The molecule has 0 heterocycles. The molecule has 0 aliphatic rings. The van der Waals surface area contributed by atoms with E-state index in [0.717, 1.165) is 0 Å². The Morgan fingerprint density at radius 3 is 2.06 bits per heavy atom. The molecule has 0 saturated carbocycles. The van der Waals surface area contributed by atoms with Gasteiger partial charge in [0, 0.05) is 18.8 Å². The maximum Gasteiger partial charge on any atom is 0.407 e. The number of esters is 1. The third-order valence-corrected chi connectivity index (χ3v) is 4.16. The van der Waals surface area contributed by atoms with Gasteiger partial charge in [-0.15, -0.1) is 0 Å². The zero-order valence-corrected chi connectivity index (χ0v) is 20.6. The topological polar surface area (TPSA) is 145 Å². The summed E-state index contributed by atoms with van der Waals surface area (Å²) >= 11 is 0. The van der Waals surface area contributed by atoms with Gasteiger partial charge in [-0.25, -0.2) is 9.59 Å². The van der Waals surface area contributed by atoms with E-state index in [1.54, 1.807) is 27.7 Å². The van der Waals surface area contributed by atoms with Crippen LogP contribution in [0.25, 0.3) is 0 Å². The minimum atomic E-state index is -0.539. The molecule has 0 unspecified atom stereocenters. The normalized spacial score (nSPS) is 12.0. The maximum atomic E-state index is 12.3. The molecule has 192 valence electrons. The van der Waals surface area contributed by atoms with E-state index >= 15 is 0 Å². The van der Waals surface area contributed by atoms with Gasteiger partial charge in [-0.1, -0.05) is 6.42 Å². The van der Waals surface area contributed by atoms with E-state index in [4.69, 9.17) is 24.4 Å². The number of hydrogen-bond donors (Lipinski definition) is 3. The molecule has 3 N–H and O–H groups in total. The van der Waals surface area contributed by atoms with E-state index in [9.17, 15) is 14.4 Å². The van der Waals surface area contributed by atoms with Crippen LogP contribution in [0.4, 0.5) is 4.79 Å². The number of alkyl carbamates (subject to hydrolysis) is 1. The average Bonchev–Trinajstić information content (AvgIpc) is 2.72. The summed E-state index contributed by atoms with van der Waals surface area (Å²) in [5, 5.41) is 13.3. The van der Waals surface area contributed by atoms with Gasteiger partial charge in [-0.05, 0) is 40.5 Å². The standard InChI is InChI=1S/C22H41N3O8/c1-17(23)18(8-6-7-9-25-21(28)33-22(2,3)4)20(27)24-10-11-30-12-13-31-14-15-32-16-19(26)29-5/h18,23H,6-16H2,1-5H3,(H,24,27)(H,25,28)/t18-/m1/s1. The molecule has 0 aromatic carbocycles. The van der Waals surface area contributed by atoms with E-state index in [2.05, 4.69) is 15.4 Å². The lowest BCUT2D eigenvalue weighted by Gasteiger charge is -2.20. The minimum absolute atomic E-state index is 0.102. The predicted molar refractivity (Wildman–Crippen MR) is 122 cm³/mol. The van der Waals surface area contributed by atoms with E-state index in [0.29, 0.717) is 64.5 Å². The highest BCUT2D eigenvalue weighted by molar-refractivity contribution is 6.01. The lowest BCUT2D eigenvalue weighted by atomic mass is 9.96. The summed E-state index contributed by atoms with van der Waals surface area (Å²) in [7, 11) is 1.30. The Bertz CT molecular complexity index is 593. The van der Waals surface area contributed by atoms with Gasteiger partial charge < -0.3 is 39.7 Å². The van der Waals surface area contributed by atoms with Gasteiger partial charge in [0.1, 0.15) is 12.2 Å². The van der Waals surface area contributed by atoms with Gasteiger partial charge in [-0.3, -0.25) is 4.79 Å². The van der Waals surface area contributed by atoms with E-state index in [-0.39, 0.29) is 19.1 Å². The zero-order chi connectivity index (χ0) is 25.1. The summed E-state index contributed by atoms with van der Waals surface area (Å²) < 4.78 is 25.3. The van der Waals surface area contributed by atoms with Crippen molar-refractivity contribution in [3.63, 3.8) is 0 Å². The average molecular weight is 476 g/mol. The van der Waals surface area contributed by atoms with Gasteiger partial charge in [0.25, 0.3) is 0 Å².